The van der Waals surface area contributed by atoms with Gasteiger partial charge in [-0.3, -0.25) is 9.69 Å². The van der Waals surface area contributed by atoms with Crippen LogP contribution in [0.15, 0.2) is 18.2 Å². The summed E-state index contributed by atoms with van der Waals surface area (Å²) < 4.78 is 5.88. The zero-order valence-corrected chi connectivity index (χ0v) is 16.0. The Kier molecular flexibility index (Phi) is 6.20. The summed E-state index contributed by atoms with van der Waals surface area (Å²) >= 11 is 5.97. The normalized spacial score (nSPS) is 22.4. The molecule has 0 N–H and O–H groups in total. The average molecular weight is 366 g/mol. The smallest absolute Gasteiger partial charge is 0.227 e. The molecular weight excluding hydrogens is 338 g/mol. The van der Waals surface area contributed by atoms with E-state index in [9.17, 15) is 4.79 Å². The van der Waals surface area contributed by atoms with Crippen LogP contribution in [0.3, 0.4) is 0 Å². The van der Waals surface area contributed by atoms with E-state index >= 15 is 0 Å². The van der Waals surface area contributed by atoms with Crippen LogP contribution in [0, 0.1) is 12.8 Å². The third kappa shape index (κ3) is 4.87. The lowest BCUT2D eigenvalue weighted by atomic mass is 10.1. The average Bonchev–Trinajstić information content (AvgIpc) is 3.03. The molecule has 2 aliphatic rings. The van der Waals surface area contributed by atoms with Crippen LogP contribution < -0.4 is 4.74 Å². The molecule has 138 valence electrons. The summed E-state index contributed by atoms with van der Waals surface area (Å²) in [5, 5.41) is 0.735. The molecule has 1 aromatic rings. The van der Waals surface area contributed by atoms with Crippen LogP contribution in [-0.2, 0) is 4.79 Å². The van der Waals surface area contributed by atoms with Gasteiger partial charge in [0.2, 0.25) is 5.91 Å². The molecule has 0 aromatic heterocycles. The topological polar surface area (TPSA) is 36.0 Å². The van der Waals surface area contributed by atoms with Crippen LogP contribution in [0.25, 0.3) is 0 Å². The predicted molar refractivity (Wildman–Crippen MR) is 100 cm³/mol. The van der Waals surface area contributed by atoms with Gasteiger partial charge in [-0.15, -0.1) is 0 Å². The summed E-state index contributed by atoms with van der Waals surface area (Å²) in [6.07, 6.45) is 1.00. The van der Waals surface area contributed by atoms with Gasteiger partial charge in [-0.05, 0) is 50.7 Å². The number of nitrogens with zero attached hydrogens (tertiary/aromatic N) is 3. The molecule has 2 heterocycles. The lowest BCUT2D eigenvalue weighted by molar-refractivity contribution is -0.136. The molecule has 0 spiro atoms. The lowest BCUT2D eigenvalue weighted by Crippen LogP contribution is -2.51. The first-order valence-electron chi connectivity index (χ1n) is 9.11. The summed E-state index contributed by atoms with van der Waals surface area (Å²) in [6, 6.07) is 5.70. The summed E-state index contributed by atoms with van der Waals surface area (Å²) in [7, 11) is 2.09. The molecule has 3 rings (SSSR count). The molecule has 1 unspecified atom stereocenters. The highest BCUT2D eigenvalue weighted by atomic mass is 35.5. The van der Waals surface area contributed by atoms with Crippen molar-refractivity contribution in [1.29, 1.82) is 0 Å². The highest BCUT2D eigenvalue weighted by Crippen LogP contribution is 2.22. The van der Waals surface area contributed by atoms with Crippen LogP contribution in [0.5, 0.6) is 5.75 Å². The highest BCUT2D eigenvalue weighted by molar-refractivity contribution is 6.30. The second kappa shape index (κ2) is 8.39. The van der Waals surface area contributed by atoms with Gasteiger partial charge in [0.25, 0.3) is 0 Å². The number of hydrogen-bond acceptors (Lipinski definition) is 4. The van der Waals surface area contributed by atoms with Crippen molar-refractivity contribution in [3.05, 3.63) is 28.8 Å². The van der Waals surface area contributed by atoms with E-state index in [4.69, 9.17) is 16.3 Å². The van der Waals surface area contributed by atoms with Gasteiger partial charge in [-0.25, -0.2) is 0 Å². The maximum Gasteiger partial charge on any atom is 0.227 e. The maximum atomic E-state index is 12.6. The molecule has 5 nitrogen and oxygen atoms in total. The number of piperazine rings is 1. The van der Waals surface area contributed by atoms with Crippen molar-refractivity contribution in [2.45, 2.75) is 13.3 Å². The molecule has 2 fully saturated rings. The molecule has 1 aromatic carbocycles. The van der Waals surface area contributed by atoms with Gasteiger partial charge in [-0.2, -0.15) is 0 Å². The number of hydrogen-bond donors (Lipinski definition) is 0. The summed E-state index contributed by atoms with van der Waals surface area (Å²) in [5.41, 5.74) is 1.06. The van der Waals surface area contributed by atoms with E-state index in [2.05, 4.69) is 16.8 Å². The third-order valence-electron chi connectivity index (χ3n) is 5.23. The van der Waals surface area contributed by atoms with Crippen LogP contribution >= 0.6 is 11.6 Å². The number of aryl methyl sites for hydroxylation is 1. The predicted octanol–water partition coefficient (Wildman–Crippen LogP) is 2.12. The van der Waals surface area contributed by atoms with Gasteiger partial charge < -0.3 is 14.5 Å². The van der Waals surface area contributed by atoms with Gasteiger partial charge in [-0.1, -0.05) is 11.6 Å². The fourth-order valence-corrected chi connectivity index (χ4v) is 3.87. The molecule has 6 heteroatoms. The first kappa shape index (κ1) is 18.5. The Bertz CT molecular complexity index is 602. The van der Waals surface area contributed by atoms with Crippen LogP contribution in [-0.4, -0.2) is 80.1 Å². The molecule has 1 amide bonds. The Morgan fingerprint density at radius 1 is 1.24 bits per heavy atom. The SMILES string of the molecule is Cc1cc(Cl)ccc1OCCN1CCN(C(=O)C2CCN(C)C2)CC1. The molecule has 0 aliphatic carbocycles. The largest absolute Gasteiger partial charge is 0.492 e. The molecule has 0 radical (unpaired) electrons. The molecule has 0 saturated carbocycles. The van der Waals surface area contributed by atoms with Crippen molar-refractivity contribution in [3.8, 4) is 5.75 Å². The number of rotatable bonds is 5. The van der Waals surface area contributed by atoms with E-state index in [-0.39, 0.29) is 5.92 Å². The van der Waals surface area contributed by atoms with Crippen LogP contribution in [0.1, 0.15) is 12.0 Å². The van der Waals surface area contributed by atoms with Crippen molar-refractivity contribution in [2.75, 3.05) is 59.5 Å². The van der Waals surface area contributed by atoms with Gasteiger partial charge in [0.15, 0.2) is 0 Å². The second-order valence-electron chi connectivity index (χ2n) is 7.17. The van der Waals surface area contributed by atoms with E-state index in [1.807, 2.05) is 30.0 Å². The standard InChI is InChI=1S/C19H28ClN3O2/c1-15-13-17(20)3-4-18(15)25-12-11-22-7-9-23(10-8-22)19(24)16-5-6-21(2)14-16/h3-4,13,16H,5-12,14H2,1-2H3. The number of benzene rings is 1. The van der Waals surface area contributed by atoms with E-state index in [1.54, 1.807) is 0 Å². The van der Waals surface area contributed by atoms with Gasteiger partial charge in [0.05, 0.1) is 5.92 Å². The lowest BCUT2D eigenvalue weighted by Gasteiger charge is -2.35. The van der Waals surface area contributed by atoms with E-state index in [0.29, 0.717) is 12.5 Å². The molecule has 0 bridgehead atoms. The minimum Gasteiger partial charge on any atom is -0.492 e. The van der Waals surface area contributed by atoms with Crippen molar-refractivity contribution < 1.29 is 9.53 Å². The minimum atomic E-state index is 0.202. The zero-order valence-electron chi connectivity index (χ0n) is 15.2. The van der Waals surface area contributed by atoms with E-state index < -0.39 is 0 Å². The van der Waals surface area contributed by atoms with Gasteiger partial charge in [0.1, 0.15) is 12.4 Å². The monoisotopic (exact) mass is 365 g/mol. The first-order valence-corrected chi connectivity index (χ1v) is 9.49. The molecule has 1 atom stereocenters. The third-order valence-corrected chi connectivity index (χ3v) is 5.46. The second-order valence-corrected chi connectivity index (χ2v) is 7.61. The summed E-state index contributed by atoms with van der Waals surface area (Å²) in [4.78, 5) is 19.2. The summed E-state index contributed by atoms with van der Waals surface area (Å²) in [6.45, 7) is 9.02. The maximum absolute atomic E-state index is 12.6. The van der Waals surface area contributed by atoms with Crippen molar-refractivity contribution in [2.24, 2.45) is 5.92 Å². The quantitative estimate of drug-likeness (QED) is 0.800. The summed E-state index contributed by atoms with van der Waals surface area (Å²) in [5.74, 6) is 1.44. The highest BCUT2D eigenvalue weighted by Gasteiger charge is 2.31. The molecule has 2 aliphatic heterocycles. The van der Waals surface area contributed by atoms with Gasteiger partial charge in [0, 0.05) is 44.3 Å². The van der Waals surface area contributed by atoms with Crippen molar-refractivity contribution in [3.63, 3.8) is 0 Å². The number of halogens is 1. The molecular formula is C19H28ClN3O2. The Morgan fingerprint density at radius 2 is 2.00 bits per heavy atom. The molecule has 2 saturated heterocycles. The number of carbonyl (C=O) groups excluding carboxylic acids is 1. The number of ether oxygens (including phenoxy) is 1. The zero-order chi connectivity index (χ0) is 17.8. The fraction of sp³-hybridized carbons (Fsp3) is 0.632. The Hall–Kier alpha value is -1.30. The number of likely N-dealkylation sites (tertiary alicyclic amines) is 1. The van der Waals surface area contributed by atoms with Crippen molar-refractivity contribution in [1.82, 2.24) is 14.7 Å². The Labute approximate surface area is 155 Å². The van der Waals surface area contributed by atoms with Crippen LogP contribution in [0.2, 0.25) is 5.02 Å². The Morgan fingerprint density at radius 3 is 2.64 bits per heavy atom. The Balaban J connectivity index is 1.38. The number of carbonyl (C=O) groups is 1. The molecule has 25 heavy (non-hydrogen) atoms. The minimum absolute atomic E-state index is 0.202. The fourth-order valence-electron chi connectivity index (χ4n) is 3.65. The van der Waals surface area contributed by atoms with Crippen molar-refractivity contribution >= 4 is 17.5 Å². The van der Waals surface area contributed by atoms with Gasteiger partial charge >= 0.3 is 0 Å². The van der Waals surface area contributed by atoms with E-state index in [1.165, 1.54) is 0 Å². The van der Waals surface area contributed by atoms with Crippen LogP contribution in [0.4, 0.5) is 0 Å². The first-order chi connectivity index (χ1) is 12.0. The number of amides is 1. The van der Waals surface area contributed by atoms with E-state index in [0.717, 1.165) is 68.6 Å².